The van der Waals surface area contributed by atoms with Crippen LogP contribution in [0.2, 0.25) is 0 Å². The van der Waals surface area contributed by atoms with Gasteiger partial charge in [0.15, 0.2) is 16.3 Å². The Labute approximate surface area is 215 Å². The van der Waals surface area contributed by atoms with Crippen molar-refractivity contribution in [2.24, 2.45) is 4.99 Å². The molecule has 0 N–H and O–H groups in total. The SMILES string of the molecule is CCOC(=O)C1=C(C)N=c2s/c(=C3/C(=O)N(CC)c4ccccc43)c(=O)n2[C@H]1c1ccc2c(c1)OCO2. The first kappa shape index (κ1) is 23.2. The molecular formula is C27H23N3O6S. The van der Waals surface area contributed by atoms with Gasteiger partial charge < -0.3 is 19.1 Å². The van der Waals surface area contributed by atoms with Crippen LogP contribution in [0.4, 0.5) is 5.69 Å². The number of rotatable bonds is 4. The third-order valence-corrected chi connectivity index (χ3v) is 7.72. The van der Waals surface area contributed by atoms with Gasteiger partial charge in [0.25, 0.3) is 11.5 Å². The Morgan fingerprint density at radius 3 is 2.70 bits per heavy atom. The van der Waals surface area contributed by atoms with Gasteiger partial charge in [-0.3, -0.25) is 14.2 Å². The van der Waals surface area contributed by atoms with Crippen LogP contribution in [-0.4, -0.2) is 36.4 Å². The summed E-state index contributed by atoms with van der Waals surface area (Å²) in [7, 11) is 0. The number of ether oxygens (including phenoxy) is 3. The molecule has 0 saturated carbocycles. The smallest absolute Gasteiger partial charge is 0.338 e. The lowest BCUT2D eigenvalue weighted by Gasteiger charge is -2.24. The van der Waals surface area contributed by atoms with Gasteiger partial charge in [0.2, 0.25) is 6.79 Å². The van der Waals surface area contributed by atoms with Gasteiger partial charge in [-0.15, -0.1) is 0 Å². The molecule has 0 saturated heterocycles. The van der Waals surface area contributed by atoms with Crippen molar-refractivity contribution in [2.75, 3.05) is 24.8 Å². The number of carbonyl (C=O) groups is 2. The molecule has 9 nitrogen and oxygen atoms in total. The van der Waals surface area contributed by atoms with E-state index in [0.29, 0.717) is 45.2 Å². The summed E-state index contributed by atoms with van der Waals surface area (Å²) in [6.07, 6.45) is 0. The first-order chi connectivity index (χ1) is 17.9. The second kappa shape index (κ2) is 8.74. The van der Waals surface area contributed by atoms with Gasteiger partial charge in [-0.25, -0.2) is 9.79 Å². The summed E-state index contributed by atoms with van der Waals surface area (Å²) < 4.78 is 18.1. The van der Waals surface area contributed by atoms with E-state index in [1.54, 1.807) is 36.9 Å². The van der Waals surface area contributed by atoms with Gasteiger partial charge in [0.1, 0.15) is 4.53 Å². The quantitative estimate of drug-likeness (QED) is 0.493. The number of benzene rings is 2. The summed E-state index contributed by atoms with van der Waals surface area (Å²) in [5, 5.41) is 0. The van der Waals surface area contributed by atoms with E-state index in [-0.39, 0.29) is 29.4 Å². The number of anilines is 1. The Kier molecular flexibility index (Phi) is 5.49. The average Bonchev–Trinajstić information content (AvgIpc) is 3.56. The summed E-state index contributed by atoms with van der Waals surface area (Å²) in [6.45, 7) is 6.10. The minimum absolute atomic E-state index is 0.0972. The Balaban J connectivity index is 1.64. The third-order valence-electron chi connectivity index (χ3n) is 6.67. The number of carbonyl (C=O) groups excluding carboxylic acids is 2. The standard InChI is InChI=1S/C27H23N3O6S/c1-4-29-17-9-7-6-8-16(17)21(24(29)31)23-25(32)30-22(15-10-11-18-19(12-15)36-13-35-18)20(26(33)34-5-2)14(3)28-27(30)37-23/h6-12,22H,4-5,13H2,1-3H3/b23-21+/t22-/m0/s1. The van der Waals surface area contributed by atoms with Gasteiger partial charge in [-0.2, -0.15) is 0 Å². The van der Waals surface area contributed by atoms with Crippen molar-refractivity contribution in [2.45, 2.75) is 26.8 Å². The molecule has 0 bridgehead atoms. The lowest BCUT2D eigenvalue weighted by Crippen LogP contribution is -2.41. The van der Waals surface area contributed by atoms with E-state index >= 15 is 0 Å². The summed E-state index contributed by atoms with van der Waals surface area (Å²) in [6, 6.07) is 11.9. The second-order valence-electron chi connectivity index (χ2n) is 8.68. The number of nitrogens with zero attached hydrogens (tertiary/aromatic N) is 3. The van der Waals surface area contributed by atoms with E-state index < -0.39 is 17.6 Å². The van der Waals surface area contributed by atoms with Crippen LogP contribution in [0.15, 0.2) is 63.5 Å². The molecule has 2 aromatic carbocycles. The monoisotopic (exact) mass is 517 g/mol. The number of hydrogen-bond donors (Lipinski definition) is 0. The van der Waals surface area contributed by atoms with Crippen molar-refractivity contribution < 1.29 is 23.8 Å². The molecule has 0 aliphatic carbocycles. The van der Waals surface area contributed by atoms with Crippen LogP contribution in [0.25, 0.3) is 5.57 Å². The normalized spacial score (nSPS) is 19.1. The average molecular weight is 518 g/mol. The zero-order valence-corrected chi connectivity index (χ0v) is 21.3. The number of esters is 1. The molecule has 188 valence electrons. The Hall–Kier alpha value is -4.18. The molecule has 1 amide bonds. The molecule has 6 rings (SSSR count). The van der Waals surface area contributed by atoms with Gasteiger partial charge in [-0.05, 0) is 44.5 Å². The molecule has 10 heteroatoms. The molecule has 3 aliphatic heterocycles. The van der Waals surface area contributed by atoms with Crippen molar-refractivity contribution in [3.05, 3.63) is 84.5 Å². The first-order valence-electron chi connectivity index (χ1n) is 12.0. The van der Waals surface area contributed by atoms with Crippen LogP contribution in [0, 0.1) is 0 Å². The molecule has 37 heavy (non-hydrogen) atoms. The van der Waals surface area contributed by atoms with Crippen LogP contribution in [0.5, 0.6) is 11.5 Å². The number of thiazole rings is 1. The molecule has 3 aliphatic rings. The highest BCUT2D eigenvalue weighted by molar-refractivity contribution is 7.07. The number of hydrogen-bond acceptors (Lipinski definition) is 8. The molecule has 0 radical (unpaired) electrons. The lowest BCUT2D eigenvalue weighted by molar-refractivity contribution is -0.139. The zero-order valence-electron chi connectivity index (χ0n) is 20.4. The number of likely N-dealkylation sites (N-methyl/N-ethyl adjacent to an activating group) is 1. The number of fused-ring (bicyclic) bond motifs is 3. The number of amides is 1. The van der Waals surface area contributed by atoms with E-state index in [2.05, 4.69) is 4.99 Å². The number of para-hydroxylation sites is 1. The zero-order chi connectivity index (χ0) is 25.8. The van der Waals surface area contributed by atoms with Crippen LogP contribution in [-0.2, 0) is 14.3 Å². The summed E-state index contributed by atoms with van der Waals surface area (Å²) in [5.74, 6) is 0.335. The molecular weight excluding hydrogens is 494 g/mol. The molecule has 0 spiro atoms. The maximum absolute atomic E-state index is 14.1. The largest absolute Gasteiger partial charge is 0.463 e. The predicted molar refractivity (Wildman–Crippen MR) is 136 cm³/mol. The van der Waals surface area contributed by atoms with Crippen LogP contribution in [0.1, 0.15) is 37.9 Å². The van der Waals surface area contributed by atoms with E-state index in [4.69, 9.17) is 14.2 Å². The fourth-order valence-electron chi connectivity index (χ4n) is 5.05. The van der Waals surface area contributed by atoms with Gasteiger partial charge in [0, 0.05) is 12.1 Å². The van der Waals surface area contributed by atoms with E-state index in [0.717, 1.165) is 17.0 Å². The summed E-state index contributed by atoms with van der Waals surface area (Å²) in [4.78, 5) is 47.4. The maximum Gasteiger partial charge on any atom is 0.338 e. The minimum Gasteiger partial charge on any atom is -0.463 e. The predicted octanol–water partition coefficient (Wildman–Crippen LogP) is 2.26. The Morgan fingerprint density at radius 1 is 1.14 bits per heavy atom. The molecule has 1 atom stereocenters. The maximum atomic E-state index is 14.1. The fraction of sp³-hybridized carbons (Fsp3) is 0.259. The Bertz CT molecular complexity index is 1700. The summed E-state index contributed by atoms with van der Waals surface area (Å²) in [5.41, 5.74) is 2.80. The van der Waals surface area contributed by atoms with Gasteiger partial charge in [0.05, 0.1) is 35.2 Å². The van der Waals surface area contributed by atoms with Crippen LogP contribution >= 0.6 is 11.3 Å². The van der Waals surface area contributed by atoms with Crippen molar-refractivity contribution in [1.29, 1.82) is 0 Å². The van der Waals surface area contributed by atoms with E-state index in [1.165, 1.54) is 4.57 Å². The molecule has 3 aromatic rings. The van der Waals surface area contributed by atoms with E-state index in [1.807, 2.05) is 31.2 Å². The topological polar surface area (TPSA) is 99.4 Å². The molecule has 0 unspecified atom stereocenters. The minimum atomic E-state index is -0.812. The highest BCUT2D eigenvalue weighted by Crippen LogP contribution is 2.39. The van der Waals surface area contributed by atoms with Gasteiger partial charge >= 0.3 is 5.97 Å². The van der Waals surface area contributed by atoms with Crippen LogP contribution in [0.3, 0.4) is 0 Å². The van der Waals surface area contributed by atoms with Gasteiger partial charge in [-0.1, -0.05) is 35.6 Å². The molecule has 0 fully saturated rings. The van der Waals surface area contributed by atoms with Crippen LogP contribution < -0.4 is 29.3 Å². The first-order valence-corrected chi connectivity index (χ1v) is 12.8. The lowest BCUT2D eigenvalue weighted by atomic mass is 9.95. The third kappa shape index (κ3) is 3.43. The van der Waals surface area contributed by atoms with E-state index in [9.17, 15) is 14.4 Å². The fourth-order valence-corrected chi connectivity index (χ4v) is 6.19. The van der Waals surface area contributed by atoms with Crippen molar-refractivity contribution in [3.8, 4) is 11.5 Å². The highest BCUT2D eigenvalue weighted by atomic mass is 32.1. The second-order valence-corrected chi connectivity index (χ2v) is 9.65. The Morgan fingerprint density at radius 2 is 1.92 bits per heavy atom. The molecule has 4 heterocycles. The summed E-state index contributed by atoms with van der Waals surface area (Å²) >= 11 is 1.15. The van der Waals surface area contributed by atoms with Crippen molar-refractivity contribution >= 4 is 34.5 Å². The van der Waals surface area contributed by atoms with Crippen molar-refractivity contribution in [3.63, 3.8) is 0 Å². The number of aromatic nitrogens is 1. The molecule has 1 aromatic heterocycles. The van der Waals surface area contributed by atoms with Crippen molar-refractivity contribution in [1.82, 2.24) is 4.57 Å². The number of allylic oxidation sites excluding steroid dienone is 1. The highest BCUT2D eigenvalue weighted by Gasteiger charge is 2.37.